The Bertz CT molecular complexity index is 624. The van der Waals surface area contributed by atoms with E-state index >= 15 is 0 Å². The second-order valence-corrected chi connectivity index (χ2v) is 6.24. The van der Waals surface area contributed by atoms with Gasteiger partial charge in [-0.3, -0.25) is 0 Å². The molecule has 0 aromatic heterocycles. The lowest BCUT2D eigenvalue weighted by Crippen LogP contribution is -2.01. The summed E-state index contributed by atoms with van der Waals surface area (Å²) >= 11 is 9.40. The fourth-order valence-corrected chi connectivity index (χ4v) is 3.56. The number of aryl methyl sites for hydroxylation is 2. The summed E-state index contributed by atoms with van der Waals surface area (Å²) in [6.07, 6.45) is 2.89. The van der Waals surface area contributed by atoms with Gasteiger partial charge in [-0.2, -0.15) is 0 Å². The number of aliphatic hydroxyl groups is 1. The number of benzene rings is 2. The van der Waals surface area contributed by atoms with Gasteiger partial charge in [-0.05, 0) is 53.6 Å². The summed E-state index contributed by atoms with van der Waals surface area (Å²) in [5, 5.41) is 11.2. The van der Waals surface area contributed by atoms with Crippen molar-refractivity contribution in [1.29, 1.82) is 0 Å². The number of aliphatic hydroxyl groups excluding tert-OH is 1. The molecular formula is C16H14BrClO. The van der Waals surface area contributed by atoms with Gasteiger partial charge in [-0.25, -0.2) is 0 Å². The fraction of sp³-hybridized carbons (Fsp3) is 0.250. The second-order valence-electron chi connectivity index (χ2n) is 4.95. The molecular weight excluding hydrogens is 324 g/mol. The van der Waals surface area contributed by atoms with Gasteiger partial charge in [0.15, 0.2) is 0 Å². The predicted octanol–water partition coefficient (Wildman–Crippen LogP) is 4.67. The van der Waals surface area contributed by atoms with E-state index in [1.54, 1.807) is 6.07 Å². The van der Waals surface area contributed by atoms with Crippen LogP contribution in [0.4, 0.5) is 0 Å². The Labute approximate surface area is 126 Å². The van der Waals surface area contributed by atoms with Crippen LogP contribution >= 0.6 is 27.5 Å². The molecule has 3 heteroatoms. The van der Waals surface area contributed by atoms with E-state index in [1.165, 1.54) is 17.5 Å². The van der Waals surface area contributed by atoms with Gasteiger partial charge in [-0.1, -0.05) is 51.8 Å². The van der Waals surface area contributed by atoms with E-state index in [9.17, 15) is 5.11 Å². The molecule has 0 fully saturated rings. The Morgan fingerprint density at radius 1 is 1.05 bits per heavy atom. The maximum absolute atomic E-state index is 10.5. The van der Waals surface area contributed by atoms with Crippen LogP contribution in [0.15, 0.2) is 40.9 Å². The van der Waals surface area contributed by atoms with Crippen LogP contribution in [-0.4, -0.2) is 5.11 Å². The zero-order chi connectivity index (χ0) is 13.4. The van der Waals surface area contributed by atoms with Crippen LogP contribution in [0.25, 0.3) is 0 Å². The van der Waals surface area contributed by atoms with Crippen molar-refractivity contribution >= 4 is 27.5 Å². The molecule has 0 radical (unpaired) electrons. The average Bonchev–Trinajstić information content (AvgIpc) is 2.85. The van der Waals surface area contributed by atoms with Crippen LogP contribution in [-0.2, 0) is 12.8 Å². The van der Waals surface area contributed by atoms with Crippen molar-refractivity contribution in [2.45, 2.75) is 25.4 Å². The minimum absolute atomic E-state index is 0.613. The summed E-state index contributed by atoms with van der Waals surface area (Å²) in [5.41, 5.74) is 4.60. The molecule has 0 heterocycles. The molecule has 0 aliphatic heterocycles. The van der Waals surface area contributed by atoms with Crippen molar-refractivity contribution in [3.8, 4) is 0 Å². The van der Waals surface area contributed by atoms with Gasteiger partial charge < -0.3 is 5.11 Å². The quantitative estimate of drug-likeness (QED) is 0.844. The Balaban J connectivity index is 1.97. The highest BCUT2D eigenvalue weighted by Crippen LogP contribution is 2.32. The second kappa shape index (κ2) is 5.28. The molecule has 19 heavy (non-hydrogen) atoms. The largest absolute Gasteiger partial charge is 0.384 e. The molecule has 1 nitrogen and oxygen atoms in total. The smallest absolute Gasteiger partial charge is 0.105 e. The molecule has 2 aromatic rings. The maximum atomic E-state index is 10.5. The van der Waals surface area contributed by atoms with Crippen LogP contribution in [0.5, 0.6) is 0 Å². The summed E-state index contributed by atoms with van der Waals surface area (Å²) in [4.78, 5) is 0. The lowest BCUT2D eigenvalue weighted by atomic mass is 9.98. The van der Waals surface area contributed by atoms with E-state index < -0.39 is 6.10 Å². The van der Waals surface area contributed by atoms with Crippen LogP contribution in [0.2, 0.25) is 5.02 Å². The van der Waals surface area contributed by atoms with Crippen molar-refractivity contribution in [3.63, 3.8) is 0 Å². The molecule has 1 N–H and O–H groups in total. The molecule has 2 aromatic carbocycles. The van der Waals surface area contributed by atoms with E-state index in [4.69, 9.17) is 11.6 Å². The fourth-order valence-electron chi connectivity index (χ4n) is 2.66. The lowest BCUT2D eigenvalue weighted by molar-refractivity contribution is 0.219. The molecule has 98 valence electrons. The van der Waals surface area contributed by atoms with Gasteiger partial charge in [0.25, 0.3) is 0 Å². The highest BCUT2D eigenvalue weighted by Gasteiger charge is 2.17. The molecule has 1 unspecified atom stereocenters. The van der Waals surface area contributed by atoms with Crippen molar-refractivity contribution in [1.82, 2.24) is 0 Å². The molecule has 1 atom stereocenters. The van der Waals surface area contributed by atoms with E-state index in [1.807, 2.05) is 18.2 Å². The van der Waals surface area contributed by atoms with Gasteiger partial charge in [-0.15, -0.1) is 0 Å². The van der Waals surface area contributed by atoms with Crippen molar-refractivity contribution in [3.05, 3.63) is 68.1 Å². The third kappa shape index (κ3) is 2.58. The molecule has 0 spiro atoms. The summed E-state index contributed by atoms with van der Waals surface area (Å²) < 4.78 is 0.841. The monoisotopic (exact) mass is 336 g/mol. The topological polar surface area (TPSA) is 20.2 Å². The number of rotatable bonds is 2. The highest BCUT2D eigenvalue weighted by molar-refractivity contribution is 9.10. The minimum Gasteiger partial charge on any atom is -0.384 e. The van der Waals surface area contributed by atoms with E-state index in [0.717, 1.165) is 28.4 Å². The Morgan fingerprint density at radius 2 is 1.84 bits per heavy atom. The van der Waals surface area contributed by atoms with Gasteiger partial charge >= 0.3 is 0 Å². The van der Waals surface area contributed by atoms with Gasteiger partial charge in [0.05, 0.1) is 0 Å². The Kier molecular flexibility index (Phi) is 3.66. The Hall–Kier alpha value is -0.830. The zero-order valence-electron chi connectivity index (χ0n) is 10.4. The molecule has 0 amide bonds. The molecule has 1 aliphatic carbocycles. The minimum atomic E-state index is -0.613. The third-order valence-electron chi connectivity index (χ3n) is 3.70. The van der Waals surface area contributed by atoms with Crippen LogP contribution in [0, 0.1) is 0 Å². The summed E-state index contributed by atoms with van der Waals surface area (Å²) in [6.45, 7) is 0. The summed E-state index contributed by atoms with van der Waals surface area (Å²) in [7, 11) is 0. The van der Waals surface area contributed by atoms with E-state index in [0.29, 0.717) is 5.02 Å². The summed E-state index contributed by atoms with van der Waals surface area (Å²) in [6, 6.07) is 11.8. The average molecular weight is 338 g/mol. The van der Waals surface area contributed by atoms with Crippen LogP contribution < -0.4 is 0 Å². The molecule has 0 saturated carbocycles. The molecule has 1 aliphatic rings. The van der Waals surface area contributed by atoms with Gasteiger partial charge in [0.2, 0.25) is 0 Å². The lowest BCUT2D eigenvalue weighted by Gasteiger charge is -2.15. The van der Waals surface area contributed by atoms with Crippen LogP contribution in [0.1, 0.15) is 34.8 Å². The maximum Gasteiger partial charge on any atom is 0.105 e. The van der Waals surface area contributed by atoms with E-state index in [-0.39, 0.29) is 0 Å². The number of hydrogen-bond donors (Lipinski definition) is 1. The van der Waals surface area contributed by atoms with Crippen molar-refractivity contribution < 1.29 is 5.11 Å². The van der Waals surface area contributed by atoms with Crippen molar-refractivity contribution in [2.24, 2.45) is 0 Å². The highest BCUT2D eigenvalue weighted by atomic mass is 79.9. The van der Waals surface area contributed by atoms with E-state index in [2.05, 4.69) is 28.1 Å². The summed E-state index contributed by atoms with van der Waals surface area (Å²) in [5.74, 6) is 0. The predicted molar refractivity (Wildman–Crippen MR) is 81.7 cm³/mol. The first-order valence-electron chi connectivity index (χ1n) is 6.40. The standard InChI is InChI=1S/C16H14BrClO/c17-15-9-13(18)6-7-14(15)16(19)12-5-4-10-2-1-3-11(10)8-12/h4-9,16,19H,1-3H2. The van der Waals surface area contributed by atoms with Gasteiger partial charge in [0.1, 0.15) is 6.10 Å². The zero-order valence-corrected chi connectivity index (χ0v) is 12.7. The normalized spacial score (nSPS) is 15.3. The SMILES string of the molecule is OC(c1ccc2c(c1)CCC2)c1ccc(Cl)cc1Br. The van der Waals surface area contributed by atoms with Crippen LogP contribution in [0.3, 0.4) is 0 Å². The number of hydrogen-bond acceptors (Lipinski definition) is 1. The number of halogens is 2. The first kappa shape index (κ1) is 13.2. The Morgan fingerprint density at radius 3 is 2.63 bits per heavy atom. The number of fused-ring (bicyclic) bond motifs is 1. The first-order valence-corrected chi connectivity index (χ1v) is 7.57. The first-order chi connectivity index (χ1) is 9.15. The molecule has 0 saturated heterocycles. The van der Waals surface area contributed by atoms with Crippen molar-refractivity contribution in [2.75, 3.05) is 0 Å². The van der Waals surface area contributed by atoms with Gasteiger partial charge in [0, 0.05) is 9.50 Å². The molecule has 3 rings (SSSR count). The third-order valence-corrected chi connectivity index (χ3v) is 4.62. The molecule has 0 bridgehead atoms.